The average Bonchev–Trinajstić information content (AvgIpc) is 2.14. The Hall–Kier alpha value is -0.0800. The molecule has 0 atom stereocenters. The molecule has 2 heteroatoms. The lowest BCUT2D eigenvalue weighted by molar-refractivity contribution is -0.0219. The normalized spacial score (nSPS) is 12.8. The maximum absolute atomic E-state index is 5.83. The van der Waals surface area contributed by atoms with Gasteiger partial charge in [-0.25, -0.2) is 0 Å². The smallest absolute Gasteiger partial charge is 0.0653 e. The lowest BCUT2D eigenvalue weighted by atomic mass is 9.88. The summed E-state index contributed by atoms with van der Waals surface area (Å²) >= 11 is 0. The van der Waals surface area contributed by atoms with Crippen LogP contribution in [0.2, 0.25) is 0 Å². The zero-order valence-corrected chi connectivity index (χ0v) is 11.5. The van der Waals surface area contributed by atoms with Crippen LogP contribution in [0.5, 0.6) is 0 Å². The van der Waals surface area contributed by atoms with Gasteiger partial charge in [0.15, 0.2) is 0 Å². The van der Waals surface area contributed by atoms with E-state index in [9.17, 15) is 0 Å². The van der Waals surface area contributed by atoms with E-state index < -0.39 is 0 Å². The van der Waals surface area contributed by atoms with Gasteiger partial charge in [0, 0.05) is 5.54 Å². The van der Waals surface area contributed by atoms with E-state index in [0.717, 1.165) is 6.61 Å². The van der Waals surface area contributed by atoms with Crippen LogP contribution in [0.15, 0.2) is 0 Å². The van der Waals surface area contributed by atoms with Gasteiger partial charge in [0.25, 0.3) is 0 Å². The van der Waals surface area contributed by atoms with E-state index in [0.29, 0.717) is 6.10 Å². The van der Waals surface area contributed by atoms with Crippen LogP contribution in [0.4, 0.5) is 0 Å². The van der Waals surface area contributed by atoms with Gasteiger partial charge in [-0.05, 0) is 40.8 Å². The van der Waals surface area contributed by atoms with Crippen molar-refractivity contribution in [2.45, 2.75) is 65.0 Å². The van der Waals surface area contributed by atoms with E-state index in [1.807, 2.05) is 0 Å². The fourth-order valence-corrected chi connectivity index (χ4v) is 2.10. The predicted octanol–water partition coefficient (Wildman–Crippen LogP) is 3.31. The first-order valence-electron chi connectivity index (χ1n) is 6.27. The summed E-state index contributed by atoms with van der Waals surface area (Å²) in [5.74, 6) is 0. The highest BCUT2D eigenvalue weighted by molar-refractivity contribution is 4.87. The van der Waals surface area contributed by atoms with E-state index in [1.54, 1.807) is 0 Å². The Morgan fingerprint density at radius 1 is 1.07 bits per heavy atom. The van der Waals surface area contributed by atoms with Crippen LogP contribution >= 0.6 is 0 Å². The van der Waals surface area contributed by atoms with Crippen molar-refractivity contribution < 1.29 is 4.74 Å². The molecule has 0 spiro atoms. The molecule has 0 heterocycles. The van der Waals surface area contributed by atoms with Gasteiger partial charge in [0.1, 0.15) is 0 Å². The van der Waals surface area contributed by atoms with E-state index in [1.165, 1.54) is 25.7 Å². The second kappa shape index (κ2) is 7.24. The van der Waals surface area contributed by atoms with Crippen molar-refractivity contribution in [2.24, 2.45) is 0 Å². The highest BCUT2D eigenvalue weighted by Crippen LogP contribution is 2.26. The lowest BCUT2D eigenvalue weighted by Gasteiger charge is -2.40. The third-order valence-corrected chi connectivity index (χ3v) is 3.06. The average molecular weight is 215 g/mol. The molecule has 0 bridgehead atoms. The molecule has 0 aromatic carbocycles. The van der Waals surface area contributed by atoms with Gasteiger partial charge in [0.2, 0.25) is 0 Å². The van der Waals surface area contributed by atoms with Crippen molar-refractivity contribution >= 4 is 0 Å². The summed E-state index contributed by atoms with van der Waals surface area (Å²) in [5.41, 5.74) is 0.244. The van der Waals surface area contributed by atoms with E-state index in [4.69, 9.17) is 4.74 Å². The molecule has 2 nitrogen and oxygen atoms in total. The van der Waals surface area contributed by atoms with Gasteiger partial charge in [-0.2, -0.15) is 0 Å². The standard InChI is InChI=1S/C13H29NO/c1-7-9-13(10-8-2,14(5)6)11-15-12(3)4/h12H,7-11H2,1-6H3. The van der Waals surface area contributed by atoms with Gasteiger partial charge >= 0.3 is 0 Å². The fraction of sp³-hybridized carbons (Fsp3) is 1.00. The van der Waals surface area contributed by atoms with Crippen LogP contribution in [0.3, 0.4) is 0 Å². The summed E-state index contributed by atoms with van der Waals surface area (Å²) in [6, 6.07) is 0. The summed E-state index contributed by atoms with van der Waals surface area (Å²) in [6.45, 7) is 9.59. The number of hydrogen-bond donors (Lipinski definition) is 0. The largest absolute Gasteiger partial charge is 0.377 e. The number of nitrogens with zero attached hydrogens (tertiary/aromatic N) is 1. The van der Waals surface area contributed by atoms with E-state index in [-0.39, 0.29) is 5.54 Å². The molecule has 0 aromatic heterocycles. The molecule has 0 N–H and O–H groups in total. The number of likely N-dealkylation sites (N-methyl/N-ethyl adjacent to an activating group) is 1. The first kappa shape index (κ1) is 14.9. The Bertz CT molecular complexity index is 149. The third kappa shape index (κ3) is 4.98. The number of hydrogen-bond acceptors (Lipinski definition) is 2. The minimum Gasteiger partial charge on any atom is -0.377 e. The van der Waals surface area contributed by atoms with Gasteiger partial charge in [-0.1, -0.05) is 26.7 Å². The molecule has 0 aliphatic heterocycles. The molecule has 0 amide bonds. The molecular formula is C13H29NO. The molecule has 0 rings (SSSR count). The second-order valence-electron chi connectivity index (χ2n) is 4.98. The molecule has 15 heavy (non-hydrogen) atoms. The molecule has 0 aliphatic carbocycles. The van der Waals surface area contributed by atoms with Gasteiger partial charge < -0.3 is 9.64 Å². The zero-order chi connectivity index (χ0) is 11.9. The Morgan fingerprint density at radius 3 is 1.80 bits per heavy atom. The van der Waals surface area contributed by atoms with Crippen LogP contribution in [0, 0.1) is 0 Å². The topological polar surface area (TPSA) is 12.5 Å². The molecule has 0 aromatic rings. The SMILES string of the molecule is CCCC(CCC)(COC(C)C)N(C)C. The third-order valence-electron chi connectivity index (χ3n) is 3.06. The van der Waals surface area contributed by atoms with Crippen molar-refractivity contribution in [2.75, 3.05) is 20.7 Å². The Morgan fingerprint density at radius 2 is 1.53 bits per heavy atom. The molecule has 0 saturated carbocycles. The molecule has 0 unspecified atom stereocenters. The first-order valence-corrected chi connectivity index (χ1v) is 6.27. The zero-order valence-electron chi connectivity index (χ0n) is 11.5. The minimum atomic E-state index is 0.244. The number of rotatable bonds is 8. The Balaban J connectivity index is 4.46. The molecular weight excluding hydrogens is 186 g/mol. The molecule has 0 fully saturated rings. The predicted molar refractivity (Wildman–Crippen MR) is 67.3 cm³/mol. The van der Waals surface area contributed by atoms with Crippen molar-refractivity contribution in [3.05, 3.63) is 0 Å². The monoisotopic (exact) mass is 215 g/mol. The van der Waals surface area contributed by atoms with E-state index >= 15 is 0 Å². The van der Waals surface area contributed by atoms with Crippen molar-refractivity contribution in [3.8, 4) is 0 Å². The number of ether oxygens (including phenoxy) is 1. The highest BCUT2D eigenvalue weighted by atomic mass is 16.5. The Labute approximate surface area is 96.0 Å². The lowest BCUT2D eigenvalue weighted by Crippen LogP contribution is -2.48. The fourth-order valence-electron chi connectivity index (χ4n) is 2.10. The second-order valence-corrected chi connectivity index (χ2v) is 4.98. The van der Waals surface area contributed by atoms with Crippen LogP contribution in [0.25, 0.3) is 0 Å². The van der Waals surface area contributed by atoms with Crippen LogP contribution < -0.4 is 0 Å². The summed E-state index contributed by atoms with van der Waals surface area (Å²) in [4.78, 5) is 2.35. The summed E-state index contributed by atoms with van der Waals surface area (Å²) in [6.07, 6.45) is 5.22. The van der Waals surface area contributed by atoms with Crippen LogP contribution in [0.1, 0.15) is 53.4 Å². The molecule has 0 aliphatic rings. The van der Waals surface area contributed by atoms with Crippen molar-refractivity contribution in [1.82, 2.24) is 4.90 Å². The van der Waals surface area contributed by atoms with Crippen molar-refractivity contribution in [1.29, 1.82) is 0 Å². The highest BCUT2D eigenvalue weighted by Gasteiger charge is 2.31. The van der Waals surface area contributed by atoms with Crippen LogP contribution in [-0.4, -0.2) is 37.2 Å². The summed E-state index contributed by atoms with van der Waals surface area (Å²) < 4.78 is 5.83. The van der Waals surface area contributed by atoms with E-state index in [2.05, 4.69) is 46.7 Å². The summed E-state index contributed by atoms with van der Waals surface area (Å²) in [5, 5.41) is 0. The van der Waals surface area contributed by atoms with Gasteiger partial charge in [-0.3, -0.25) is 0 Å². The van der Waals surface area contributed by atoms with Crippen LogP contribution in [-0.2, 0) is 4.74 Å². The maximum atomic E-state index is 5.83. The Kier molecular flexibility index (Phi) is 7.20. The molecule has 0 saturated heterocycles. The van der Waals surface area contributed by atoms with Crippen molar-refractivity contribution in [3.63, 3.8) is 0 Å². The maximum Gasteiger partial charge on any atom is 0.0653 e. The molecule has 92 valence electrons. The summed E-state index contributed by atoms with van der Waals surface area (Å²) in [7, 11) is 4.35. The minimum absolute atomic E-state index is 0.244. The first-order chi connectivity index (χ1) is 6.98. The quantitative estimate of drug-likeness (QED) is 0.616. The molecule has 0 radical (unpaired) electrons. The van der Waals surface area contributed by atoms with Gasteiger partial charge in [-0.15, -0.1) is 0 Å². The van der Waals surface area contributed by atoms with Gasteiger partial charge in [0.05, 0.1) is 12.7 Å².